The molecule has 9 heteroatoms. The Morgan fingerprint density at radius 2 is 1.14 bits per heavy atom. The van der Waals surface area contributed by atoms with Gasteiger partial charge in [0, 0.05) is 92.9 Å². The molecule has 8 aliphatic rings. The summed E-state index contributed by atoms with van der Waals surface area (Å²) in [5.41, 5.74) is 0. The highest BCUT2D eigenvalue weighted by molar-refractivity contribution is 5.05. The van der Waals surface area contributed by atoms with Crippen molar-refractivity contribution in [2.45, 2.75) is 134 Å². The van der Waals surface area contributed by atoms with Gasteiger partial charge in [-0.1, -0.05) is 0 Å². The van der Waals surface area contributed by atoms with Gasteiger partial charge >= 0.3 is 0 Å². The maximum Gasteiger partial charge on any atom is 0.256 e. The Morgan fingerprint density at radius 1 is 0.583 bits per heavy atom. The predicted octanol–water partition coefficient (Wildman–Crippen LogP) is 6.37. The number of hydrogen-bond donors (Lipinski definition) is 0. The molecular formula is C27H45F6N3. The molecule has 8 fully saturated rings. The van der Waals surface area contributed by atoms with E-state index in [1.807, 2.05) is 0 Å². The van der Waals surface area contributed by atoms with E-state index < -0.39 is 17.8 Å². The molecule has 0 aromatic heterocycles. The third-order valence-corrected chi connectivity index (χ3v) is 9.58. The average Bonchev–Trinajstić information content (AvgIpc) is 3.29. The number of alkyl halides is 6. The van der Waals surface area contributed by atoms with Gasteiger partial charge in [-0.25, -0.2) is 26.3 Å². The van der Waals surface area contributed by atoms with Crippen molar-refractivity contribution in [1.29, 1.82) is 0 Å². The van der Waals surface area contributed by atoms with E-state index in [4.69, 9.17) is 0 Å². The maximum absolute atomic E-state index is 13.1. The van der Waals surface area contributed by atoms with Crippen molar-refractivity contribution < 1.29 is 26.3 Å². The zero-order valence-electron chi connectivity index (χ0n) is 22.7. The molecule has 3 aliphatic carbocycles. The minimum atomic E-state index is -2.38. The predicted molar refractivity (Wildman–Crippen MR) is 130 cm³/mol. The molecule has 5 saturated heterocycles. The maximum atomic E-state index is 13.1. The second kappa shape index (κ2) is 9.89. The highest BCUT2D eigenvalue weighted by Crippen LogP contribution is 2.53. The zero-order valence-corrected chi connectivity index (χ0v) is 22.7. The molecule has 0 radical (unpaired) electrons. The van der Waals surface area contributed by atoms with Crippen LogP contribution in [0.25, 0.3) is 0 Å². The van der Waals surface area contributed by atoms with Crippen LogP contribution in [0.15, 0.2) is 0 Å². The minimum absolute atomic E-state index is 0.0850. The quantitative estimate of drug-likeness (QED) is 0.397. The lowest BCUT2D eigenvalue weighted by atomic mass is 9.67. The van der Waals surface area contributed by atoms with Crippen molar-refractivity contribution in [2.24, 2.45) is 17.8 Å². The van der Waals surface area contributed by atoms with Gasteiger partial charge in [-0.3, -0.25) is 14.7 Å². The van der Waals surface area contributed by atoms with Gasteiger partial charge in [0.2, 0.25) is 0 Å². The molecule has 210 valence electrons. The normalized spacial score (nSPS) is 39.8. The SMILES string of the molecule is CC(C)N1C2CC1CC(F)(F)C2.CC(C)N1CC2CC(C1)C2(F)F.CC(C)N1CC2CC1CC2(F)F. The van der Waals surface area contributed by atoms with E-state index in [0.717, 1.165) is 12.8 Å². The lowest BCUT2D eigenvalue weighted by Crippen LogP contribution is -2.65. The zero-order chi connectivity index (χ0) is 26.8. The van der Waals surface area contributed by atoms with Crippen molar-refractivity contribution in [1.82, 2.24) is 14.7 Å². The molecule has 0 aromatic rings. The molecule has 0 spiro atoms. The summed E-state index contributed by atoms with van der Waals surface area (Å²) in [5, 5.41) is 0. The fourth-order valence-corrected chi connectivity index (χ4v) is 7.56. The van der Waals surface area contributed by atoms with Crippen molar-refractivity contribution >= 4 is 0 Å². The lowest BCUT2D eigenvalue weighted by molar-refractivity contribution is -0.230. The lowest BCUT2D eigenvalue weighted by Gasteiger charge is -2.57. The first-order chi connectivity index (χ1) is 16.5. The summed E-state index contributed by atoms with van der Waals surface area (Å²) >= 11 is 0. The smallest absolute Gasteiger partial charge is 0.256 e. The van der Waals surface area contributed by atoms with Gasteiger partial charge in [-0.05, 0) is 60.8 Å². The first-order valence-corrected chi connectivity index (χ1v) is 13.9. The number of fused-ring (bicyclic) bond motifs is 6. The molecule has 3 saturated carbocycles. The second-order valence-corrected chi connectivity index (χ2v) is 13.0. The van der Waals surface area contributed by atoms with Crippen LogP contribution < -0.4 is 0 Å². The van der Waals surface area contributed by atoms with Crippen LogP contribution in [0.2, 0.25) is 0 Å². The van der Waals surface area contributed by atoms with Gasteiger partial charge in [-0.15, -0.1) is 0 Å². The summed E-state index contributed by atoms with van der Waals surface area (Å²) in [6.07, 6.45) is 2.72. The molecule has 6 atom stereocenters. The van der Waals surface area contributed by atoms with Crippen LogP contribution in [-0.2, 0) is 0 Å². The largest absolute Gasteiger partial charge is 0.300 e. The Kier molecular flexibility index (Phi) is 7.82. The van der Waals surface area contributed by atoms with Crippen LogP contribution in [0.1, 0.15) is 80.1 Å². The molecule has 36 heavy (non-hydrogen) atoms. The highest BCUT2D eigenvalue weighted by Gasteiger charge is 2.61. The summed E-state index contributed by atoms with van der Waals surface area (Å²) in [6, 6.07) is 1.77. The fourth-order valence-electron chi connectivity index (χ4n) is 7.56. The van der Waals surface area contributed by atoms with Gasteiger partial charge in [0.1, 0.15) is 0 Å². The van der Waals surface area contributed by atoms with Crippen LogP contribution in [-0.4, -0.2) is 88.4 Å². The summed E-state index contributed by atoms with van der Waals surface area (Å²) < 4.78 is 78.0. The van der Waals surface area contributed by atoms with Crippen molar-refractivity contribution in [3.63, 3.8) is 0 Å². The Bertz CT molecular complexity index is 737. The van der Waals surface area contributed by atoms with E-state index in [-0.39, 0.29) is 55.1 Å². The number of halogens is 6. The molecule has 5 aliphatic heterocycles. The van der Waals surface area contributed by atoms with E-state index in [9.17, 15) is 26.3 Å². The number of nitrogens with zero attached hydrogens (tertiary/aromatic N) is 3. The minimum Gasteiger partial charge on any atom is -0.300 e. The molecule has 6 bridgehead atoms. The van der Waals surface area contributed by atoms with Gasteiger partial charge < -0.3 is 0 Å². The first kappa shape index (κ1) is 28.5. The van der Waals surface area contributed by atoms with Gasteiger partial charge in [0.25, 0.3) is 17.8 Å². The molecule has 8 rings (SSSR count). The number of likely N-dealkylation sites (tertiary alicyclic amines) is 1. The number of hydrogen-bond acceptors (Lipinski definition) is 3. The molecule has 3 nitrogen and oxygen atoms in total. The van der Waals surface area contributed by atoms with Crippen LogP contribution >= 0.6 is 0 Å². The Balaban J connectivity index is 0.000000127. The Morgan fingerprint density at radius 3 is 1.50 bits per heavy atom. The molecule has 5 heterocycles. The molecule has 0 N–H and O–H groups in total. The summed E-state index contributed by atoms with van der Waals surface area (Å²) in [7, 11) is 0. The van der Waals surface area contributed by atoms with E-state index in [2.05, 4.69) is 56.2 Å². The van der Waals surface area contributed by atoms with E-state index in [1.165, 1.54) is 0 Å². The van der Waals surface area contributed by atoms with Crippen LogP contribution in [0.3, 0.4) is 0 Å². The standard InChI is InChI=1S/3C9H15F2N/c1-6(2)12-5-7-3-8(12)4-9(7,10)11;1-6(2)12-4-7-3-8(5-12)9(7,10)11;1-6(2)12-7-3-8(12)5-9(10,11)4-7/h3*6-8H,3-5H2,1-2H3. The van der Waals surface area contributed by atoms with Crippen molar-refractivity contribution in [3.05, 3.63) is 0 Å². The van der Waals surface area contributed by atoms with E-state index >= 15 is 0 Å². The Hall–Kier alpha value is -0.540. The van der Waals surface area contributed by atoms with E-state index in [0.29, 0.717) is 44.2 Å². The summed E-state index contributed by atoms with van der Waals surface area (Å²) in [5.74, 6) is -8.14. The third-order valence-electron chi connectivity index (χ3n) is 9.58. The second-order valence-electron chi connectivity index (χ2n) is 13.0. The molecule has 6 unspecified atom stereocenters. The summed E-state index contributed by atoms with van der Waals surface area (Å²) in [4.78, 5) is 6.61. The van der Waals surface area contributed by atoms with Gasteiger partial charge in [0.05, 0.1) is 0 Å². The third kappa shape index (κ3) is 5.45. The van der Waals surface area contributed by atoms with Crippen LogP contribution in [0.4, 0.5) is 26.3 Å². The van der Waals surface area contributed by atoms with Gasteiger partial charge in [-0.2, -0.15) is 0 Å². The van der Waals surface area contributed by atoms with E-state index in [1.54, 1.807) is 0 Å². The molecule has 0 aromatic carbocycles. The highest BCUT2D eigenvalue weighted by atomic mass is 19.3. The first-order valence-electron chi connectivity index (χ1n) is 13.9. The monoisotopic (exact) mass is 525 g/mol. The van der Waals surface area contributed by atoms with Crippen LogP contribution in [0, 0.1) is 17.8 Å². The van der Waals surface area contributed by atoms with Crippen LogP contribution in [0.5, 0.6) is 0 Å². The number of rotatable bonds is 3. The van der Waals surface area contributed by atoms with Crippen molar-refractivity contribution in [2.75, 3.05) is 19.6 Å². The topological polar surface area (TPSA) is 9.72 Å². The molecular weight excluding hydrogens is 480 g/mol. The fraction of sp³-hybridized carbons (Fsp3) is 1.00. The summed E-state index contributed by atoms with van der Waals surface area (Å²) in [6.45, 7) is 14.3. The van der Waals surface area contributed by atoms with Gasteiger partial charge in [0.15, 0.2) is 0 Å². The molecule has 0 amide bonds. The van der Waals surface area contributed by atoms with Crippen molar-refractivity contribution in [3.8, 4) is 0 Å². The number of piperidine rings is 4. The Labute approximate surface area is 212 Å². The average molecular weight is 526 g/mol.